The number of carbonyl (C=O) groups excluding carboxylic acids is 1. The Morgan fingerprint density at radius 2 is 1.71 bits per heavy atom. The molecule has 1 fully saturated rings. The Morgan fingerprint density at radius 1 is 1.19 bits per heavy atom. The highest BCUT2D eigenvalue weighted by Gasteiger charge is 2.54. The van der Waals surface area contributed by atoms with Gasteiger partial charge in [0.1, 0.15) is 6.54 Å². The first-order valence-corrected chi connectivity index (χ1v) is 5.69. The summed E-state index contributed by atoms with van der Waals surface area (Å²) in [5.74, 6) is -5.92. The largest absolute Gasteiger partial charge is 0.481 e. The maximum Gasteiger partial charge on any atom is 0.406 e. The first-order chi connectivity index (χ1) is 9.33. The topological polar surface area (TPSA) is 60.9 Å². The molecule has 0 radical (unpaired) electrons. The van der Waals surface area contributed by atoms with Gasteiger partial charge in [-0.3, -0.25) is 4.79 Å². The average molecular weight is 322 g/mol. The SMILES string of the molecule is CN(CC(F)(F)F)C(=O)N1C[C@@H](C(F)(F)F)[C@H](C(=O)O)C1. The van der Waals surface area contributed by atoms with Crippen molar-refractivity contribution in [1.29, 1.82) is 0 Å². The fourth-order valence-electron chi connectivity index (χ4n) is 2.12. The number of carboxylic acid groups (broad SMARTS) is 1. The van der Waals surface area contributed by atoms with Crippen LogP contribution in [-0.4, -0.2) is 65.9 Å². The number of nitrogens with zero attached hydrogens (tertiary/aromatic N) is 2. The highest BCUT2D eigenvalue weighted by Crippen LogP contribution is 2.38. The Morgan fingerprint density at radius 3 is 2.05 bits per heavy atom. The highest BCUT2D eigenvalue weighted by atomic mass is 19.4. The Bertz CT molecular complexity index is 422. The Hall–Kier alpha value is -1.68. The molecule has 122 valence electrons. The van der Waals surface area contributed by atoms with Crippen LogP contribution in [0.3, 0.4) is 0 Å². The minimum atomic E-state index is -4.85. The van der Waals surface area contributed by atoms with Crippen molar-refractivity contribution in [1.82, 2.24) is 9.80 Å². The first kappa shape index (κ1) is 17.4. The molecule has 0 aromatic heterocycles. The first-order valence-electron chi connectivity index (χ1n) is 5.69. The van der Waals surface area contributed by atoms with Crippen LogP contribution in [0.1, 0.15) is 0 Å². The smallest absolute Gasteiger partial charge is 0.406 e. The summed E-state index contributed by atoms with van der Waals surface area (Å²) in [6.45, 7) is -3.38. The van der Waals surface area contributed by atoms with Crippen LogP contribution >= 0.6 is 0 Å². The molecule has 2 amide bonds. The van der Waals surface area contributed by atoms with Crippen LogP contribution in [0.4, 0.5) is 31.1 Å². The Labute approximate surface area is 115 Å². The van der Waals surface area contributed by atoms with Crippen LogP contribution in [0.25, 0.3) is 0 Å². The standard InChI is InChI=1S/C10H12F6N2O3/c1-17(4-9(11,12)13)8(21)18-2-5(7(19)20)6(3-18)10(14,15)16/h5-6H,2-4H2,1H3,(H,19,20)/t5-,6-/m1/s1. The number of likely N-dealkylation sites (tertiary alicyclic amines) is 1. The molecule has 0 aliphatic carbocycles. The highest BCUT2D eigenvalue weighted by molar-refractivity contribution is 5.77. The molecule has 21 heavy (non-hydrogen) atoms. The lowest BCUT2D eigenvalue weighted by molar-refractivity contribution is -0.188. The summed E-state index contributed by atoms with van der Waals surface area (Å²) in [6.07, 6.45) is -9.54. The van der Waals surface area contributed by atoms with Gasteiger partial charge in [0.05, 0.1) is 11.8 Å². The Balaban J connectivity index is 2.82. The molecule has 5 nitrogen and oxygen atoms in total. The molecule has 0 aromatic carbocycles. The molecular weight excluding hydrogens is 310 g/mol. The minimum Gasteiger partial charge on any atom is -0.481 e. The van der Waals surface area contributed by atoms with Crippen molar-refractivity contribution in [3.8, 4) is 0 Å². The zero-order chi connectivity index (χ0) is 16.6. The third-order valence-electron chi connectivity index (χ3n) is 3.07. The number of halogens is 6. The van der Waals surface area contributed by atoms with Crippen LogP contribution in [0.15, 0.2) is 0 Å². The number of hydrogen-bond donors (Lipinski definition) is 1. The normalized spacial score (nSPS) is 23.3. The van der Waals surface area contributed by atoms with Crippen molar-refractivity contribution in [2.24, 2.45) is 11.8 Å². The number of urea groups is 1. The molecule has 1 aliphatic rings. The maximum atomic E-state index is 12.7. The second-order valence-corrected chi connectivity index (χ2v) is 4.75. The van der Waals surface area contributed by atoms with Gasteiger partial charge in [-0.1, -0.05) is 0 Å². The number of rotatable bonds is 2. The van der Waals surface area contributed by atoms with Crippen molar-refractivity contribution in [3.63, 3.8) is 0 Å². The van der Waals surface area contributed by atoms with Crippen molar-refractivity contribution >= 4 is 12.0 Å². The van der Waals surface area contributed by atoms with E-state index in [-0.39, 0.29) is 4.90 Å². The van der Waals surface area contributed by atoms with Gasteiger partial charge in [-0.25, -0.2) is 4.79 Å². The van der Waals surface area contributed by atoms with Crippen molar-refractivity contribution in [2.45, 2.75) is 12.4 Å². The second kappa shape index (κ2) is 5.60. The summed E-state index contributed by atoms with van der Waals surface area (Å²) in [7, 11) is 0.784. The summed E-state index contributed by atoms with van der Waals surface area (Å²) >= 11 is 0. The number of carbonyl (C=O) groups is 2. The number of hydrogen-bond acceptors (Lipinski definition) is 2. The summed E-state index contributed by atoms with van der Waals surface area (Å²) in [5, 5.41) is 8.74. The van der Waals surface area contributed by atoms with E-state index >= 15 is 0 Å². The predicted octanol–water partition coefficient (Wildman–Crippen LogP) is 1.80. The number of amides is 2. The lowest BCUT2D eigenvalue weighted by Gasteiger charge is -2.25. The van der Waals surface area contributed by atoms with E-state index in [1.165, 1.54) is 0 Å². The molecule has 0 unspecified atom stereocenters. The maximum absolute atomic E-state index is 12.7. The summed E-state index contributed by atoms with van der Waals surface area (Å²) in [4.78, 5) is 23.1. The van der Waals surface area contributed by atoms with Gasteiger partial charge in [-0.2, -0.15) is 26.3 Å². The molecule has 1 saturated heterocycles. The number of alkyl halides is 6. The van der Waals surface area contributed by atoms with E-state index in [9.17, 15) is 35.9 Å². The van der Waals surface area contributed by atoms with E-state index in [1.807, 2.05) is 0 Å². The third-order valence-corrected chi connectivity index (χ3v) is 3.07. The monoisotopic (exact) mass is 322 g/mol. The van der Waals surface area contributed by atoms with E-state index in [1.54, 1.807) is 0 Å². The van der Waals surface area contributed by atoms with Gasteiger partial charge in [-0.05, 0) is 0 Å². The molecule has 1 heterocycles. The van der Waals surface area contributed by atoms with E-state index in [4.69, 9.17) is 5.11 Å². The fourth-order valence-corrected chi connectivity index (χ4v) is 2.12. The average Bonchev–Trinajstić information content (AvgIpc) is 2.69. The lowest BCUT2D eigenvalue weighted by Crippen LogP contribution is -2.44. The quantitative estimate of drug-likeness (QED) is 0.789. The second-order valence-electron chi connectivity index (χ2n) is 4.75. The molecule has 0 bridgehead atoms. The van der Waals surface area contributed by atoms with Crippen LogP contribution in [0, 0.1) is 11.8 Å². The summed E-state index contributed by atoms with van der Waals surface area (Å²) in [5.41, 5.74) is 0. The number of aliphatic carboxylic acids is 1. The van der Waals surface area contributed by atoms with Crippen molar-refractivity contribution < 1.29 is 41.0 Å². The lowest BCUT2D eigenvalue weighted by atomic mass is 9.96. The van der Waals surface area contributed by atoms with E-state index in [2.05, 4.69) is 0 Å². The molecule has 1 N–H and O–H groups in total. The molecule has 0 spiro atoms. The van der Waals surface area contributed by atoms with Gasteiger partial charge in [0.15, 0.2) is 0 Å². The van der Waals surface area contributed by atoms with E-state index in [0.29, 0.717) is 4.90 Å². The molecule has 2 atom stereocenters. The van der Waals surface area contributed by atoms with Crippen LogP contribution in [0.5, 0.6) is 0 Å². The Kier molecular flexibility index (Phi) is 4.63. The van der Waals surface area contributed by atoms with Gasteiger partial charge in [0.2, 0.25) is 0 Å². The van der Waals surface area contributed by atoms with Crippen LogP contribution in [0.2, 0.25) is 0 Å². The number of carboxylic acids is 1. The molecule has 11 heteroatoms. The predicted molar refractivity (Wildman–Crippen MR) is 56.3 cm³/mol. The molecule has 0 aromatic rings. The van der Waals surface area contributed by atoms with Gasteiger partial charge in [0, 0.05) is 20.1 Å². The van der Waals surface area contributed by atoms with Crippen molar-refractivity contribution in [2.75, 3.05) is 26.7 Å². The molecule has 1 aliphatic heterocycles. The van der Waals surface area contributed by atoms with E-state index in [0.717, 1.165) is 7.05 Å². The van der Waals surface area contributed by atoms with Gasteiger partial charge >= 0.3 is 24.4 Å². The molecular formula is C10H12F6N2O3. The van der Waals surface area contributed by atoms with Crippen LogP contribution < -0.4 is 0 Å². The minimum absolute atomic E-state index is 0.206. The van der Waals surface area contributed by atoms with E-state index < -0.39 is 55.8 Å². The van der Waals surface area contributed by atoms with Gasteiger partial charge in [-0.15, -0.1) is 0 Å². The van der Waals surface area contributed by atoms with Crippen LogP contribution in [-0.2, 0) is 4.79 Å². The zero-order valence-corrected chi connectivity index (χ0v) is 10.7. The van der Waals surface area contributed by atoms with Crippen molar-refractivity contribution in [3.05, 3.63) is 0 Å². The summed E-state index contributed by atoms with van der Waals surface area (Å²) in [6, 6.07) is -1.29. The molecule has 0 saturated carbocycles. The third kappa shape index (κ3) is 4.39. The van der Waals surface area contributed by atoms with Gasteiger partial charge in [0.25, 0.3) is 0 Å². The zero-order valence-electron chi connectivity index (χ0n) is 10.7. The fraction of sp³-hybridized carbons (Fsp3) is 0.800. The van der Waals surface area contributed by atoms with Gasteiger partial charge < -0.3 is 14.9 Å². The summed E-state index contributed by atoms with van der Waals surface area (Å²) < 4.78 is 74.5. The molecule has 1 rings (SSSR count).